The molecule has 0 heterocycles. The molecule has 0 saturated heterocycles. The SMILES string of the molecule is O=Cc1ccc(OCCCCOc2ccccc2)cc1. The maximum absolute atomic E-state index is 10.5. The number of hydrogen-bond donors (Lipinski definition) is 0. The molecule has 0 saturated carbocycles. The van der Waals surface area contributed by atoms with E-state index in [0.29, 0.717) is 18.8 Å². The van der Waals surface area contributed by atoms with E-state index in [9.17, 15) is 4.79 Å². The first-order valence-corrected chi connectivity index (χ1v) is 6.74. The molecule has 2 aromatic carbocycles. The van der Waals surface area contributed by atoms with Crippen LogP contribution in [-0.4, -0.2) is 19.5 Å². The molecule has 3 heteroatoms. The van der Waals surface area contributed by atoms with E-state index in [1.165, 1.54) is 0 Å². The second kappa shape index (κ2) is 8.00. The molecular weight excluding hydrogens is 252 g/mol. The summed E-state index contributed by atoms with van der Waals surface area (Å²) in [7, 11) is 0. The molecule has 104 valence electrons. The Morgan fingerprint density at radius 1 is 0.750 bits per heavy atom. The lowest BCUT2D eigenvalue weighted by Crippen LogP contribution is -2.02. The van der Waals surface area contributed by atoms with Crippen molar-refractivity contribution in [2.24, 2.45) is 0 Å². The Bertz CT molecular complexity index is 506. The van der Waals surface area contributed by atoms with E-state index >= 15 is 0 Å². The summed E-state index contributed by atoms with van der Waals surface area (Å²) in [4.78, 5) is 10.5. The fourth-order valence-electron chi connectivity index (χ4n) is 1.74. The lowest BCUT2D eigenvalue weighted by Gasteiger charge is -2.07. The smallest absolute Gasteiger partial charge is 0.150 e. The fraction of sp³-hybridized carbons (Fsp3) is 0.235. The monoisotopic (exact) mass is 270 g/mol. The van der Waals surface area contributed by atoms with E-state index in [-0.39, 0.29) is 0 Å². The minimum atomic E-state index is 0.651. The normalized spacial score (nSPS) is 10.0. The highest BCUT2D eigenvalue weighted by atomic mass is 16.5. The summed E-state index contributed by atoms with van der Waals surface area (Å²) < 4.78 is 11.2. The average Bonchev–Trinajstić information content (AvgIpc) is 2.52. The molecule has 3 nitrogen and oxygen atoms in total. The second-order valence-electron chi connectivity index (χ2n) is 4.40. The number of rotatable bonds is 8. The van der Waals surface area contributed by atoms with Gasteiger partial charge in [-0.05, 0) is 49.2 Å². The van der Waals surface area contributed by atoms with Gasteiger partial charge >= 0.3 is 0 Å². The van der Waals surface area contributed by atoms with E-state index in [0.717, 1.165) is 30.6 Å². The number of para-hydroxylation sites is 1. The molecule has 0 aliphatic rings. The summed E-state index contributed by atoms with van der Waals surface area (Å²) in [5, 5.41) is 0. The Hall–Kier alpha value is -2.29. The molecule has 0 aliphatic carbocycles. The van der Waals surface area contributed by atoms with Gasteiger partial charge in [0.2, 0.25) is 0 Å². The highest BCUT2D eigenvalue weighted by Crippen LogP contribution is 2.12. The Kier molecular flexibility index (Phi) is 5.65. The lowest BCUT2D eigenvalue weighted by atomic mass is 10.2. The van der Waals surface area contributed by atoms with Crippen molar-refractivity contribution in [1.29, 1.82) is 0 Å². The highest BCUT2D eigenvalue weighted by molar-refractivity contribution is 5.74. The van der Waals surface area contributed by atoms with Crippen LogP contribution in [0.4, 0.5) is 0 Å². The van der Waals surface area contributed by atoms with Crippen LogP contribution in [-0.2, 0) is 0 Å². The zero-order chi connectivity index (χ0) is 14.0. The number of unbranched alkanes of at least 4 members (excludes halogenated alkanes) is 1. The molecule has 0 fully saturated rings. The molecule has 0 amide bonds. The molecule has 0 radical (unpaired) electrons. The Morgan fingerprint density at radius 2 is 1.30 bits per heavy atom. The van der Waals surface area contributed by atoms with Crippen molar-refractivity contribution in [3.63, 3.8) is 0 Å². The van der Waals surface area contributed by atoms with Crippen molar-refractivity contribution in [3.05, 3.63) is 60.2 Å². The Labute approximate surface area is 119 Å². The van der Waals surface area contributed by atoms with E-state index in [1.807, 2.05) is 42.5 Å². The van der Waals surface area contributed by atoms with Gasteiger partial charge in [-0.3, -0.25) is 4.79 Å². The van der Waals surface area contributed by atoms with Crippen LogP contribution in [0.1, 0.15) is 23.2 Å². The summed E-state index contributed by atoms with van der Waals surface area (Å²) >= 11 is 0. The predicted octanol–water partition coefficient (Wildman–Crippen LogP) is 3.74. The van der Waals surface area contributed by atoms with Crippen molar-refractivity contribution < 1.29 is 14.3 Å². The average molecular weight is 270 g/mol. The summed E-state index contributed by atoms with van der Waals surface area (Å²) in [6.07, 6.45) is 2.70. The standard InChI is InChI=1S/C17H18O3/c18-14-15-8-10-17(11-9-15)20-13-5-4-12-19-16-6-2-1-3-7-16/h1-3,6-11,14H,4-5,12-13H2. The van der Waals surface area contributed by atoms with Crippen molar-refractivity contribution in [2.45, 2.75) is 12.8 Å². The summed E-state index contributed by atoms with van der Waals surface area (Å²) in [5.74, 6) is 1.69. The van der Waals surface area contributed by atoms with Crippen LogP contribution in [0.5, 0.6) is 11.5 Å². The van der Waals surface area contributed by atoms with Crippen LogP contribution in [0.2, 0.25) is 0 Å². The maximum atomic E-state index is 10.5. The number of benzene rings is 2. The number of carbonyl (C=O) groups excluding carboxylic acids is 1. The van der Waals surface area contributed by atoms with Crippen molar-refractivity contribution in [2.75, 3.05) is 13.2 Å². The van der Waals surface area contributed by atoms with Crippen LogP contribution in [0.15, 0.2) is 54.6 Å². The van der Waals surface area contributed by atoms with Gasteiger partial charge in [-0.2, -0.15) is 0 Å². The van der Waals surface area contributed by atoms with Gasteiger partial charge in [-0.25, -0.2) is 0 Å². The van der Waals surface area contributed by atoms with Gasteiger partial charge < -0.3 is 9.47 Å². The molecule has 0 unspecified atom stereocenters. The summed E-state index contributed by atoms with van der Waals surface area (Å²) in [6.45, 7) is 1.34. The first-order chi connectivity index (χ1) is 9.88. The zero-order valence-corrected chi connectivity index (χ0v) is 11.3. The van der Waals surface area contributed by atoms with Crippen molar-refractivity contribution in [3.8, 4) is 11.5 Å². The molecule has 0 atom stereocenters. The van der Waals surface area contributed by atoms with Crippen LogP contribution in [0.25, 0.3) is 0 Å². The molecule has 0 aromatic heterocycles. The minimum Gasteiger partial charge on any atom is -0.494 e. The Balaban J connectivity index is 1.58. The third-order valence-corrected chi connectivity index (χ3v) is 2.84. The summed E-state index contributed by atoms with van der Waals surface area (Å²) in [6, 6.07) is 16.9. The predicted molar refractivity (Wildman–Crippen MR) is 78.5 cm³/mol. The molecular formula is C17H18O3. The fourth-order valence-corrected chi connectivity index (χ4v) is 1.74. The van der Waals surface area contributed by atoms with E-state index < -0.39 is 0 Å². The number of hydrogen-bond acceptors (Lipinski definition) is 3. The van der Waals surface area contributed by atoms with Gasteiger partial charge in [-0.15, -0.1) is 0 Å². The van der Waals surface area contributed by atoms with Crippen molar-refractivity contribution >= 4 is 6.29 Å². The first-order valence-electron chi connectivity index (χ1n) is 6.74. The minimum absolute atomic E-state index is 0.651. The largest absolute Gasteiger partial charge is 0.494 e. The Morgan fingerprint density at radius 3 is 1.85 bits per heavy atom. The molecule has 2 rings (SSSR count). The van der Waals surface area contributed by atoms with Gasteiger partial charge in [0.1, 0.15) is 17.8 Å². The van der Waals surface area contributed by atoms with Crippen LogP contribution >= 0.6 is 0 Å². The van der Waals surface area contributed by atoms with Gasteiger partial charge in [0.05, 0.1) is 13.2 Å². The lowest BCUT2D eigenvalue weighted by molar-refractivity contribution is 0.112. The first kappa shape index (κ1) is 14.1. The number of ether oxygens (including phenoxy) is 2. The topological polar surface area (TPSA) is 35.5 Å². The number of aldehydes is 1. The van der Waals surface area contributed by atoms with Crippen LogP contribution in [0.3, 0.4) is 0 Å². The third kappa shape index (κ3) is 4.76. The summed E-state index contributed by atoms with van der Waals surface area (Å²) in [5.41, 5.74) is 0.661. The molecule has 0 spiro atoms. The van der Waals surface area contributed by atoms with Gasteiger partial charge in [-0.1, -0.05) is 18.2 Å². The molecule has 0 aliphatic heterocycles. The van der Waals surface area contributed by atoms with Crippen molar-refractivity contribution in [1.82, 2.24) is 0 Å². The van der Waals surface area contributed by atoms with Crippen LogP contribution < -0.4 is 9.47 Å². The molecule has 20 heavy (non-hydrogen) atoms. The van der Waals surface area contributed by atoms with Gasteiger partial charge in [0, 0.05) is 5.56 Å². The third-order valence-electron chi connectivity index (χ3n) is 2.84. The van der Waals surface area contributed by atoms with E-state index in [1.54, 1.807) is 12.1 Å². The van der Waals surface area contributed by atoms with Crippen LogP contribution in [0, 0.1) is 0 Å². The second-order valence-corrected chi connectivity index (χ2v) is 4.40. The number of carbonyl (C=O) groups is 1. The zero-order valence-electron chi connectivity index (χ0n) is 11.3. The van der Waals surface area contributed by atoms with E-state index in [2.05, 4.69) is 0 Å². The van der Waals surface area contributed by atoms with Gasteiger partial charge in [0.15, 0.2) is 0 Å². The molecule has 0 N–H and O–H groups in total. The quantitative estimate of drug-likeness (QED) is 0.541. The highest BCUT2D eigenvalue weighted by Gasteiger charge is 1.96. The molecule has 0 bridgehead atoms. The van der Waals surface area contributed by atoms with Gasteiger partial charge in [0.25, 0.3) is 0 Å². The maximum Gasteiger partial charge on any atom is 0.150 e. The molecule has 2 aromatic rings. The van der Waals surface area contributed by atoms with E-state index in [4.69, 9.17) is 9.47 Å².